The van der Waals surface area contributed by atoms with Crippen molar-refractivity contribution in [3.8, 4) is 0 Å². The van der Waals surface area contributed by atoms with Gasteiger partial charge in [-0.2, -0.15) is 0 Å². The number of carbonyl (C=O) groups is 1. The molecule has 1 saturated heterocycles. The minimum absolute atomic E-state index is 0.0528. The van der Waals surface area contributed by atoms with Crippen LogP contribution in [0.3, 0.4) is 0 Å². The fourth-order valence-corrected chi connectivity index (χ4v) is 4.19. The van der Waals surface area contributed by atoms with Crippen molar-refractivity contribution in [1.29, 1.82) is 0 Å². The van der Waals surface area contributed by atoms with E-state index in [9.17, 15) is 4.79 Å². The normalized spacial score (nSPS) is 16.6. The van der Waals surface area contributed by atoms with Gasteiger partial charge in [0.1, 0.15) is 0 Å². The van der Waals surface area contributed by atoms with Crippen LogP contribution in [0.1, 0.15) is 33.6 Å². The van der Waals surface area contributed by atoms with Crippen LogP contribution in [0, 0.1) is 0 Å². The van der Waals surface area contributed by atoms with Crippen molar-refractivity contribution >= 4 is 23.5 Å². The number of likely N-dealkylation sites (tertiary alicyclic amines) is 1. The smallest absolute Gasteiger partial charge is 0.321 e. The van der Waals surface area contributed by atoms with Gasteiger partial charge in [0, 0.05) is 41.5 Å². The highest BCUT2D eigenvalue weighted by molar-refractivity contribution is 8.00. The van der Waals surface area contributed by atoms with Crippen LogP contribution in [-0.4, -0.2) is 78.8 Å². The molecule has 6 heteroatoms. The first-order chi connectivity index (χ1) is 12.6. The summed E-state index contributed by atoms with van der Waals surface area (Å²) in [6, 6.07) is 8.67. The second kappa shape index (κ2) is 9.80. The van der Waals surface area contributed by atoms with E-state index >= 15 is 0 Å². The number of carbonyl (C=O) groups excluding carboxylic acids is 1. The van der Waals surface area contributed by atoms with Crippen LogP contribution in [0.25, 0.3) is 0 Å². The van der Waals surface area contributed by atoms with E-state index in [1.807, 2.05) is 30.9 Å². The predicted octanol–water partition coefficient (Wildman–Crippen LogP) is 4.07. The monoisotopic (exact) mass is 392 g/mol. The molecule has 0 spiro atoms. The second-order valence-corrected chi connectivity index (χ2v) is 10.5. The van der Waals surface area contributed by atoms with E-state index in [0.29, 0.717) is 6.04 Å². The van der Waals surface area contributed by atoms with Gasteiger partial charge in [0.2, 0.25) is 0 Å². The van der Waals surface area contributed by atoms with Crippen molar-refractivity contribution in [1.82, 2.24) is 14.7 Å². The summed E-state index contributed by atoms with van der Waals surface area (Å²) in [4.78, 5) is 20.2. The summed E-state index contributed by atoms with van der Waals surface area (Å²) in [6.07, 6.45) is 2.42. The Morgan fingerprint density at radius 2 is 1.74 bits per heavy atom. The number of nitrogens with zero attached hydrogens (tertiary/aromatic N) is 3. The third-order valence-electron chi connectivity index (χ3n) is 4.98. The molecule has 27 heavy (non-hydrogen) atoms. The van der Waals surface area contributed by atoms with Gasteiger partial charge in [-0.15, -0.1) is 11.8 Å². The maximum absolute atomic E-state index is 12.4. The second-order valence-electron chi connectivity index (χ2n) is 8.61. The summed E-state index contributed by atoms with van der Waals surface area (Å²) in [6.45, 7) is 10.6. The van der Waals surface area contributed by atoms with Gasteiger partial charge in [-0.05, 0) is 64.3 Å². The van der Waals surface area contributed by atoms with E-state index in [4.69, 9.17) is 0 Å². The Morgan fingerprint density at radius 3 is 2.30 bits per heavy atom. The molecule has 2 rings (SSSR count). The number of nitrogens with one attached hydrogen (secondary N) is 1. The summed E-state index contributed by atoms with van der Waals surface area (Å²) < 4.78 is 0.185. The van der Waals surface area contributed by atoms with E-state index in [-0.39, 0.29) is 10.8 Å². The number of amides is 2. The van der Waals surface area contributed by atoms with E-state index < -0.39 is 0 Å². The number of rotatable bonds is 6. The zero-order chi connectivity index (χ0) is 20.0. The fourth-order valence-electron chi connectivity index (χ4n) is 3.21. The lowest BCUT2D eigenvalue weighted by Crippen LogP contribution is -2.45. The van der Waals surface area contributed by atoms with Gasteiger partial charge < -0.3 is 20.0 Å². The fraction of sp³-hybridized carbons (Fsp3) is 0.667. The van der Waals surface area contributed by atoms with Gasteiger partial charge in [0.15, 0.2) is 0 Å². The van der Waals surface area contributed by atoms with Gasteiger partial charge in [-0.1, -0.05) is 20.8 Å². The molecule has 1 fully saturated rings. The van der Waals surface area contributed by atoms with Crippen LogP contribution in [-0.2, 0) is 0 Å². The van der Waals surface area contributed by atoms with Crippen LogP contribution < -0.4 is 5.32 Å². The lowest BCUT2D eigenvalue weighted by Gasteiger charge is -2.35. The highest BCUT2D eigenvalue weighted by atomic mass is 32.2. The average molecular weight is 393 g/mol. The Balaban J connectivity index is 1.76. The lowest BCUT2D eigenvalue weighted by atomic mass is 10.0. The quantitative estimate of drug-likeness (QED) is 0.741. The Labute approximate surface area is 169 Å². The number of hydrogen-bond acceptors (Lipinski definition) is 4. The highest BCUT2D eigenvalue weighted by Gasteiger charge is 2.21. The van der Waals surface area contributed by atoms with E-state index in [1.54, 1.807) is 4.90 Å². The summed E-state index contributed by atoms with van der Waals surface area (Å²) in [7, 11) is 6.22. The van der Waals surface area contributed by atoms with Gasteiger partial charge in [0.25, 0.3) is 0 Å². The molecule has 0 unspecified atom stereocenters. The van der Waals surface area contributed by atoms with Crippen LogP contribution in [0.5, 0.6) is 0 Å². The first-order valence-electron chi connectivity index (χ1n) is 9.84. The minimum atomic E-state index is -0.0528. The summed E-state index contributed by atoms with van der Waals surface area (Å²) in [5.41, 5.74) is 0.841. The van der Waals surface area contributed by atoms with Crippen molar-refractivity contribution in [3.63, 3.8) is 0 Å². The van der Waals surface area contributed by atoms with Crippen LogP contribution >= 0.6 is 11.8 Å². The molecule has 1 heterocycles. The maximum atomic E-state index is 12.4. The topological polar surface area (TPSA) is 38.8 Å². The molecule has 1 aliphatic rings. The highest BCUT2D eigenvalue weighted by Crippen LogP contribution is 2.32. The van der Waals surface area contributed by atoms with Crippen molar-refractivity contribution in [2.45, 2.75) is 49.3 Å². The summed E-state index contributed by atoms with van der Waals surface area (Å²) in [5, 5.41) is 2.99. The van der Waals surface area contributed by atoms with Crippen molar-refractivity contribution in [2.24, 2.45) is 0 Å². The molecule has 1 aromatic carbocycles. The first-order valence-corrected chi connectivity index (χ1v) is 10.7. The summed E-state index contributed by atoms with van der Waals surface area (Å²) >= 11 is 1.83. The molecule has 0 aromatic heterocycles. The zero-order valence-electron chi connectivity index (χ0n) is 17.8. The molecular weight excluding hydrogens is 356 g/mol. The van der Waals surface area contributed by atoms with Crippen molar-refractivity contribution in [3.05, 3.63) is 24.3 Å². The number of thioether (sulfide) groups is 1. The standard InChI is InChI=1S/C21H36N4OS/c1-21(2,3)27-19-9-7-17(8-10-19)22-20(26)25(6)16-15-24(5)18-11-13-23(4)14-12-18/h7-10,18H,11-16H2,1-6H3,(H,22,26). The Bertz CT molecular complexity index is 591. The number of urea groups is 1. The number of piperidine rings is 1. The van der Waals surface area contributed by atoms with Crippen LogP contribution in [0.15, 0.2) is 29.2 Å². The molecule has 0 bridgehead atoms. The zero-order valence-corrected chi connectivity index (χ0v) is 18.6. The third kappa shape index (κ3) is 7.72. The SMILES string of the molecule is CN1CCC(N(C)CCN(C)C(=O)Nc2ccc(SC(C)(C)C)cc2)CC1. The van der Waals surface area contributed by atoms with E-state index in [2.05, 4.69) is 62.1 Å². The molecule has 5 nitrogen and oxygen atoms in total. The Morgan fingerprint density at radius 1 is 1.15 bits per heavy atom. The van der Waals surface area contributed by atoms with E-state index in [1.165, 1.54) is 17.7 Å². The molecule has 0 radical (unpaired) electrons. The molecule has 1 N–H and O–H groups in total. The average Bonchev–Trinajstić information content (AvgIpc) is 2.60. The molecule has 0 atom stereocenters. The molecule has 2 amide bonds. The van der Waals surface area contributed by atoms with Gasteiger partial charge in [-0.3, -0.25) is 0 Å². The number of hydrogen-bond donors (Lipinski definition) is 1. The third-order valence-corrected chi connectivity index (χ3v) is 6.10. The van der Waals surface area contributed by atoms with Gasteiger partial charge in [0.05, 0.1) is 0 Å². The molecule has 1 aromatic rings. The number of likely N-dealkylation sites (N-methyl/N-ethyl adjacent to an activating group) is 2. The number of benzene rings is 1. The minimum Gasteiger partial charge on any atom is -0.326 e. The molecule has 0 aliphatic carbocycles. The first kappa shape index (κ1) is 22.1. The predicted molar refractivity (Wildman–Crippen MR) is 117 cm³/mol. The van der Waals surface area contributed by atoms with Crippen LogP contribution in [0.4, 0.5) is 10.5 Å². The maximum Gasteiger partial charge on any atom is 0.321 e. The molecule has 1 aliphatic heterocycles. The van der Waals surface area contributed by atoms with E-state index in [0.717, 1.165) is 31.9 Å². The Kier molecular flexibility index (Phi) is 8.01. The van der Waals surface area contributed by atoms with Gasteiger partial charge >= 0.3 is 6.03 Å². The van der Waals surface area contributed by atoms with Crippen LogP contribution in [0.2, 0.25) is 0 Å². The molecule has 0 saturated carbocycles. The lowest BCUT2D eigenvalue weighted by molar-refractivity contribution is 0.136. The van der Waals surface area contributed by atoms with Crippen molar-refractivity contribution in [2.75, 3.05) is 52.6 Å². The van der Waals surface area contributed by atoms with Crippen molar-refractivity contribution < 1.29 is 4.79 Å². The van der Waals surface area contributed by atoms with Gasteiger partial charge in [-0.25, -0.2) is 4.79 Å². The molecule has 152 valence electrons. The number of anilines is 1. The largest absolute Gasteiger partial charge is 0.326 e. The Hall–Kier alpha value is -1.24. The molecular formula is C21H36N4OS. The summed E-state index contributed by atoms with van der Waals surface area (Å²) in [5.74, 6) is 0.